The van der Waals surface area contributed by atoms with Crippen molar-refractivity contribution >= 4 is 17.5 Å². The number of hydrogen-bond acceptors (Lipinski definition) is 4. The Balaban J connectivity index is 1.55. The summed E-state index contributed by atoms with van der Waals surface area (Å²) >= 11 is 6.12. The first-order valence-corrected chi connectivity index (χ1v) is 8.43. The third-order valence-electron chi connectivity index (χ3n) is 3.81. The van der Waals surface area contributed by atoms with Gasteiger partial charge in [0.15, 0.2) is 0 Å². The van der Waals surface area contributed by atoms with Crippen LogP contribution in [-0.4, -0.2) is 16.1 Å². The van der Waals surface area contributed by atoms with Gasteiger partial charge in [0.1, 0.15) is 0 Å². The molecular formula is C19H18ClN3O2. The van der Waals surface area contributed by atoms with E-state index < -0.39 is 0 Å². The number of benzene rings is 2. The molecule has 1 atom stereocenters. The lowest BCUT2D eigenvalue weighted by molar-refractivity contribution is -0.121. The van der Waals surface area contributed by atoms with Crippen molar-refractivity contribution < 1.29 is 9.21 Å². The lowest BCUT2D eigenvalue weighted by Gasteiger charge is -2.13. The molecule has 0 aliphatic carbocycles. The van der Waals surface area contributed by atoms with Crippen LogP contribution in [0.1, 0.15) is 30.8 Å². The highest BCUT2D eigenvalue weighted by atomic mass is 35.5. The quantitative estimate of drug-likeness (QED) is 0.719. The zero-order valence-corrected chi connectivity index (χ0v) is 14.5. The Morgan fingerprint density at radius 1 is 1.12 bits per heavy atom. The van der Waals surface area contributed by atoms with E-state index in [0.717, 1.165) is 5.56 Å². The van der Waals surface area contributed by atoms with Crippen molar-refractivity contribution in [3.8, 4) is 11.5 Å². The standard InChI is InChI=1S/C19H18ClN3O2/c1-13(14-7-3-2-4-8-14)21-17(24)11-12-18-22-23-19(25-18)15-9-5-6-10-16(15)20/h2-10,13H,11-12H2,1H3,(H,21,24). The zero-order chi connectivity index (χ0) is 17.6. The summed E-state index contributed by atoms with van der Waals surface area (Å²) < 4.78 is 5.60. The van der Waals surface area contributed by atoms with E-state index in [2.05, 4.69) is 15.5 Å². The SMILES string of the molecule is CC(NC(=O)CCc1nnc(-c2ccccc2Cl)o1)c1ccccc1. The molecular weight excluding hydrogens is 338 g/mol. The molecule has 3 rings (SSSR count). The molecule has 1 aromatic heterocycles. The van der Waals surface area contributed by atoms with Gasteiger partial charge in [-0.05, 0) is 24.6 Å². The zero-order valence-electron chi connectivity index (χ0n) is 13.8. The molecule has 0 aliphatic heterocycles. The normalized spacial score (nSPS) is 11.9. The summed E-state index contributed by atoms with van der Waals surface area (Å²) in [5, 5.41) is 11.5. The van der Waals surface area contributed by atoms with Crippen LogP contribution in [0.3, 0.4) is 0 Å². The molecule has 2 aromatic carbocycles. The lowest BCUT2D eigenvalue weighted by atomic mass is 10.1. The van der Waals surface area contributed by atoms with Crippen molar-refractivity contribution in [2.24, 2.45) is 0 Å². The lowest BCUT2D eigenvalue weighted by Crippen LogP contribution is -2.26. The molecule has 0 spiro atoms. The molecule has 0 aliphatic rings. The van der Waals surface area contributed by atoms with Gasteiger partial charge in [-0.25, -0.2) is 0 Å². The molecule has 25 heavy (non-hydrogen) atoms. The molecule has 1 amide bonds. The van der Waals surface area contributed by atoms with Gasteiger partial charge in [-0.15, -0.1) is 10.2 Å². The van der Waals surface area contributed by atoms with Crippen LogP contribution in [0, 0.1) is 0 Å². The molecule has 0 radical (unpaired) electrons. The van der Waals surface area contributed by atoms with E-state index in [1.807, 2.05) is 55.5 Å². The Morgan fingerprint density at radius 3 is 2.60 bits per heavy atom. The van der Waals surface area contributed by atoms with Crippen LogP contribution in [-0.2, 0) is 11.2 Å². The maximum atomic E-state index is 12.1. The van der Waals surface area contributed by atoms with Crippen molar-refractivity contribution in [1.29, 1.82) is 0 Å². The van der Waals surface area contributed by atoms with Gasteiger partial charge >= 0.3 is 0 Å². The summed E-state index contributed by atoms with van der Waals surface area (Å²) in [5.41, 5.74) is 1.75. The highest BCUT2D eigenvalue weighted by molar-refractivity contribution is 6.33. The summed E-state index contributed by atoms with van der Waals surface area (Å²) in [6, 6.07) is 17.0. The van der Waals surface area contributed by atoms with E-state index in [1.165, 1.54) is 0 Å². The van der Waals surface area contributed by atoms with E-state index >= 15 is 0 Å². The van der Waals surface area contributed by atoms with Crippen LogP contribution in [0.4, 0.5) is 0 Å². The van der Waals surface area contributed by atoms with Crippen molar-refractivity contribution in [2.45, 2.75) is 25.8 Å². The fourth-order valence-electron chi connectivity index (χ4n) is 2.46. The Kier molecular flexibility index (Phi) is 5.46. The van der Waals surface area contributed by atoms with Crippen LogP contribution in [0.2, 0.25) is 5.02 Å². The molecule has 5 nitrogen and oxygen atoms in total. The molecule has 1 unspecified atom stereocenters. The summed E-state index contributed by atoms with van der Waals surface area (Å²) in [6.45, 7) is 1.95. The number of hydrogen-bond donors (Lipinski definition) is 1. The number of amides is 1. The monoisotopic (exact) mass is 355 g/mol. The van der Waals surface area contributed by atoms with Gasteiger partial charge in [-0.2, -0.15) is 0 Å². The van der Waals surface area contributed by atoms with Crippen LogP contribution in [0.15, 0.2) is 59.0 Å². The molecule has 128 valence electrons. The average Bonchev–Trinajstić information content (AvgIpc) is 3.10. The molecule has 0 bridgehead atoms. The molecule has 0 saturated heterocycles. The summed E-state index contributed by atoms with van der Waals surface area (Å²) in [5.74, 6) is 0.713. The number of nitrogens with one attached hydrogen (secondary N) is 1. The number of nitrogens with zero attached hydrogens (tertiary/aromatic N) is 2. The van der Waals surface area contributed by atoms with Gasteiger partial charge in [0, 0.05) is 12.8 Å². The number of halogens is 1. The Bertz CT molecular complexity index is 849. The van der Waals surface area contributed by atoms with Gasteiger partial charge in [0.2, 0.25) is 17.7 Å². The first-order valence-electron chi connectivity index (χ1n) is 8.05. The number of carbonyl (C=O) groups is 1. The first-order chi connectivity index (χ1) is 12.1. The number of aromatic nitrogens is 2. The smallest absolute Gasteiger partial charge is 0.249 e. The van der Waals surface area contributed by atoms with Crippen molar-refractivity contribution in [1.82, 2.24) is 15.5 Å². The first kappa shape index (κ1) is 17.2. The highest BCUT2D eigenvalue weighted by Gasteiger charge is 2.14. The summed E-state index contributed by atoms with van der Waals surface area (Å²) in [7, 11) is 0. The van der Waals surface area contributed by atoms with Crippen molar-refractivity contribution in [3.05, 3.63) is 71.1 Å². The second-order valence-corrected chi connectivity index (χ2v) is 6.09. The predicted molar refractivity (Wildman–Crippen MR) is 96.1 cm³/mol. The van der Waals surface area contributed by atoms with Crippen LogP contribution >= 0.6 is 11.6 Å². The van der Waals surface area contributed by atoms with E-state index in [4.69, 9.17) is 16.0 Å². The fourth-order valence-corrected chi connectivity index (χ4v) is 2.67. The maximum Gasteiger partial charge on any atom is 0.249 e. The van der Waals surface area contributed by atoms with Gasteiger partial charge < -0.3 is 9.73 Å². The highest BCUT2D eigenvalue weighted by Crippen LogP contribution is 2.26. The van der Waals surface area contributed by atoms with Gasteiger partial charge in [0.05, 0.1) is 16.6 Å². The van der Waals surface area contributed by atoms with Crippen molar-refractivity contribution in [2.75, 3.05) is 0 Å². The fraction of sp³-hybridized carbons (Fsp3) is 0.211. The van der Waals surface area contributed by atoms with E-state index in [9.17, 15) is 4.79 Å². The molecule has 1 N–H and O–H groups in total. The molecule has 0 fully saturated rings. The van der Waals surface area contributed by atoms with Crippen LogP contribution in [0.25, 0.3) is 11.5 Å². The minimum Gasteiger partial charge on any atom is -0.421 e. The second kappa shape index (κ2) is 7.94. The van der Waals surface area contributed by atoms with E-state index in [-0.39, 0.29) is 18.4 Å². The largest absolute Gasteiger partial charge is 0.421 e. The van der Waals surface area contributed by atoms with Crippen LogP contribution in [0.5, 0.6) is 0 Å². The van der Waals surface area contributed by atoms with Crippen LogP contribution < -0.4 is 5.32 Å². The summed E-state index contributed by atoms with van der Waals surface area (Å²) in [4.78, 5) is 12.1. The topological polar surface area (TPSA) is 68.0 Å². The molecule has 3 aromatic rings. The van der Waals surface area contributed by atoms with Crippen molar-refractivity contribution in [3.63, 3.8) is 0 Å². The second-order valence-electron chi connectivity index (χ2n) is 5.68. The Hall–Kier alpha value is -2.66. The van der Waals surface area contributed by atoms with Gasteiger partial charge in [-0.1, -0.05) is 54.1 Å². The predicted octanol–water partition coefficient (Wildman–Crippen LogP) is 4.20. The van der Waals surface area contributed by atoms with Gasteiger partial charge in [-0.3, -0.25) is 4.79 Å². The molecule has 1 heterocycles. The number of carbonyl (C=O) groups excluding carboxylic acids is 1. The number of rotatable bonds is 6. The number of aryl methyl sites for hydroxylation is 1. The van der Waals surface area contributed by atoms with Gasteiger partial charge in [0.25, 0.3) is 0 Å². The van der Waals surface area contributed by atoms with E-state index in [0.29, 0.717) is 28.8 Å². The Labute approximate surface area is 151 Å². The van der Waals surface area contributed by atoms with E-state index in [1.54, 1.807) is 6.07 Å². The third kappa shape index (κ3) is 4.45. The minimum atomic E-state index is -0.0613. The minimum absolute atomic E-state index is 0.0462. The molecule has 6 heteroatoms. The average molecular weight is 356 g/mol. The molecule has 0 saturated carbocycles. The Morgan fingerprint density at radius 2 is 1.84 bits per heavy atom. The summed E-state index contributed by atoms with van der Waals surface area (Å²) in [6.07, 6.45) is 0.659. The maximum absolute atomic E-state index is 12.1. The third-order valence-corrected chi connectivity index (χ3v) is 4.14.